The van der Waals surface area contributed by atoms with E-state index in [1.807, 2.05) is 18.3 Å². The summed E-state index contributed by atoms with van der Waals surface area (Å²) in [5, 5.41) is 5.42. The number of aromatic nitrogens is 2. The molecule has 2 heterocycles. The van der Waals surface area contributed by atoms with Crippen LogP contribution in [0.15, 0.2) is 51.2 Å². The third kappa shape index (κ3) is 4.03. The fourth-order valence-electron chi connectivity index (χ4n) is 1.66. The standard InChI is InChI=1S/C14H14BrN3S/c15-11-2-6-14(18-9-11)19-13-5-1-10(8-17-13)7-16-12-3-4-12/h1-2,5-6,8-9,12,16H,3-4,7H2. The fraction of sp³-hybridized carbons (Fsp3) is 0.286. The van der Waals surface area contributed by atoms with E-state index in [2.05, 4.69) is 43.3 Å². The number of pyridine rings is 2. The molecule has 0 aromatic carbocycles. The lowest BCUT2D eigenvalue weighted by Gasteiger charge is -2.04. The Morgan fingerprint density at radius 2 is 1.84 bits per heavy atom. The van der Waals surface area contributed by atoms with Crippen LogP contribution in [0.1, 0.15) is 18.4 Å². The highest BCUT2D eigenvalue weighted by Gasteiger charge is 2.19. The van der Waals surface area contributed by atoms with Crippen LogP contribution in [0.5, 0.6) is 0 Å². The Kier molecular flexibility index (Phi) is 4.15. The molecule has 1 fully saturated rings. The topological polar surface area (TPSA) is 37.8 Å². The summed E-state index contributed by atoms with van der Waals surface area (Å²) in [6.07, 6.45) is 6.38. The summed E-state index contributed by atoms with van der Waals surface area (Å²) in [4.78, 5) is 8.79. The Bertz CT molecular complexity index is 538. The predicted molar refractivity (Wildman–Crippen MR) is 80.2 cm³/mol. The normalized spacial score (nSPS) is 14.6. The first kappa shape index (κ1) is 13.1. The molecule has 0 bridgehead atoms. The van der Waals surface area contributed by atoms with Crippen molar-refractivity contribution in [3.63, 3.8) is 0 Å². The molecule has 2 aromatic heterocycles. The Hall–Kier alpha value is -0.910. The van der Waals surface area contributed by atoms with E-state index < -0.39 is 0 Å². The second kappa shape index (κ2) is 6.03. The number of hydrogen-bond donors (Lipinski definition) is 1. The van der Waals surface area contributed by atoms with Crippen molar-refractivity contribution in [2.45, 2.75) is 35.5 Å². The van der Waals surface area contributed by atoms with E-state index in [0.717, 1.165) is 27.1 Å². The molecule has 3 nitrogen and oxygen atoms in total. The summed E-state index contributed by atoms with van der Waals surface area (Å²) in [6.45, 7) is 0.916. The SMILES string of the molecule is Brc1ccc(Sc2ccc(CNC3CC3)cn2)nc1. The maximum atomic E-state index is 4.47. The van der Waals surface area contributed by atoms with Gasteiger partial charge in [0.25, 0.3) is 0 Å². The highest BCUT2D eigenvalue weighted by Crippen LogP contribution is 2.25. The van der Waals surface area contributed by atoms with Crippen molar-refractivity contribution in [1.29, 1.82) is 0 Å². The Labute approximate surface area is 125 Å². The first-order chi connectivity index (χ1) is 9.29. The second-order valence-electron chi connectivity index (χ2n) is 4.58. The van der Waals surface area contributed by atoms with Gasteiger partial charge in [0, 0.05) is 29.5 Å². The average Bonchev–Trinajstić information content (AvgIpc) is 3.25. The fourth-order valence-corrected chi connectivity index (χ4v) is 2.59. The van der Waals surface area contributed by atoms with Crippen LogP contribution in [0, 0.1) is 0 Å². The molecule has 1 aliphatic carbocycles. The number of nitrogens with zero attached hydrogens (tertiary/aromatic N) is 2. The van der Waals surface area contributed by atoms with Crippen molar-refractivity contribution in [2.24, 2.45) is 0 Å². The van der Waals surface area contributed by atoms with Crippen molar-refractivity contribution in [1.82, 2.24) is 15.3 Å². The number of rotatable bonds is 5. The minimum atomic E-state index is 0.737. The van der Waals surface area contributed by atoms with E-state index >= 15 is 0 Å². The van der Waals surface area contributed by atoms with Gasteiger partial charge >= 0.3 is 0 Å². The van der Waals surface area contributed by atoms with E-state index in [0.29, 0.717) is 0 Å². The number of hydrogen-bond acceptors (Lipinski definition) is 4. The van der Waals surface area contributed by atoms with Crippen LogP contribution in [0.2, 0.25) is 0 Å². The molecular weight excluding hydrogens is 322 g/mol. The van der Waals surface area contributed by atoms with Crippen LogP contribution in [-0.2, 0) is 6.54 Å². The van der Waals surface area contributed by atoms with E-state index in [4.69, 9.17) is 0 Å². The van der Waals surface area contributed by atoms with Gasteiger partial charge in [-0.15, -0.1) is 0 Å². The molecule has 5 heteroatoms. The smallest absolute Gasteiger partial charge is 0.102 e. The van der Waals surface area contributed by atoms with Crippen molar-refractivity contribution in [3.05, 3.63) is 46.7 Å². The summed E-state index contributed by atoms with van der Waals surface area (Å²) in [5.74, 6) is 0. The van der Waals surface area contributed by atoms with Gasteiger partial charge in [-0.2, -0.15) is 0 Å². The predicted octanol–water partition coefficient (Wildman–Crippen LogP) is 3.64. The van der Waals surface area contributed by atoms with E-state index in [-0.39, 0.29) is 0 Å². The molecule has 19 heavy (non-hydrogen) atoms. The summed E-state index contributed by atoms with van der Waals surface area (Å²) in [7, 11) is 0. The van der Waals surface area contributed by atoms with Crippen molar-refractivity contribution in [2.75, 3.05) is 0 Å². The quantitative estimate of drug-likeness (QED) is 0.905. The highest BCUT2D eigenvalue weighted by atomic mass is 79.9. The lowest BCUT2D eigenvalue weighted by molar-refractivity contribution is 0.685. The van der Waals surface area contributed by atoms with Gasteiger partial charge in [0.05, 0.1) is 0 Å². The largest absolute Gasteiger partial charge is 0.310 e. The van der Waals surface area contributed by atoms with Gasteiger partial charge in [-0.25, -0.2) is 9.97 Å². The first-order valence-electron chi connectivity index (χ1n) is 6.27. The minimum absolute atomic E-state index is 0.737. The van der Waals surface area contributed by atoms with Crippen LogP contribution in [0.25, 0.3) is 0 Å². The maximum absolute atomic E-state index is 4.47. The molecule has 0 amide bonds. The molecule has 1 saturated carbocycles. The summed E-state index contributed by atoms with van der Waals surface area (Å²) in [5.41, 5.74) is 1.24. The van der Waals surface area contributed by atoms with Crippen molar-refractivity contribution < 1.29 is 0 Å². The average molecular weight is 336 g/mol. The Morgan fingerprint density at radius 3 is 2.42 bits per heavy atom. The molecule has 1 N–H and O–H groups in total. The van der Waals surface area contributed by atoms with Crippen LogP contribution in [-0.4, -0.2) is 16.0 Å². The van der Waals surface area contributed by atoms with Crippen molar-refractivity contribution in [3.8, 4) is 0 Å². The minimum Gasteiger partial charge on any atom is -0.310 e. The zero-order chi connectivity index (χ0) is 13.1. The monoisotopic (exact) mass is 335 g/mol. The molecular formula is C14H14BrN3S. The summed E-state index contributed by atoms with van der Waals surface area (Å²) >= 11 is 4.96. The van der Waals surface area contributed by atoms with Gasteiger partial charge in [0.1, 0.15) is 10.1 Å². The van der Waals surface area contributed by atoms with Gasteiger partial charge in [0.2, 0.25) is 0 Å². The Morgan fingerprint density at radius 1 is 1.11 bits per heavy atom. The lowest BCUT2D eigenvalue weighted by Crippen LogP contribution is -2.15. The van der Waals surface area contributed by atoms with Gasteiger partial charge in [0.15, 0.2) is 0 Å². The summed E-state index contributed by atoms with van der Waals surface area (Å²) in [6, 6.07) is 8.89. The Balaban J connectivity index is 1.59. The molecule has 0 unspecified atom stereocenters. The molecule has 0 spiro atoms. The third-order valence-electron chi connectivity index (χ3n) is 2.88. The van der Waals surface area contributed by atoms with E-state index in [1.54, 1.807) is 18.0 Å². The van der Waals surface area contributed by atoms with Crippen LogP contribution < -0.4 is 5.32 Å². The lowest BCUT2D eigenvalue weighted by atomic mass is 10.3. The zero-order valence-corrected chi connectivity index (χ0v) is 12.7. The molecule has 0 aliphatic heterocycles. The second-order valence-corrected chi connectivity index (χ2v) is 6.53. The number of nitrogens with one attached hydrogen (secondary N) is 1. The molecule has 98 valence electrons. The van der Waals surface area contributed by atoms with Gasteiger partial charge in [-0.3, -0.25) is 0 Å². The zero-order valence-electron chi connectivity index (χ0n) is 10.3. The number of halogens is 1. The third-order valence-corrected chi connectivity index (χ3v) is 4.25. The molecule has 1 aliphatic rings. The maximum Gasteiger partial charge on any atom is 0.102 e. The van der Waals surface area contributed by atoms with Crippen molar-refractivity contribution >= 4 is 27.7 Å². The first-order valence-corrected chi connectivity index (χ1v) is 7.88. The van der Waals surface area contributed by atoms with Crippen LogP contribution in [0.4, 0.5) is 0 Å². The molecule has 3 rings (SSSR count). The van der Waals surface area contributed by atoms with Gasteiger partial charge in [-0.05, 0) is 52.5 Å². The molecule has 0 radical (unpaired) electrons. The molecule has 0 atom stereocenters. The van der Waals surface area contributed by atoms with E-state index in [9.17, 15) is 0 Å². The molecule has 2 aromatic rings. The highest BCUT2D eigenvalue weighted by molar-refractivity contribution is 9.10. The van der Waals surface area contributed by atoms with Gasteiger partial charge < -0.3 is 5.32 Å². The van der Waals surface area contributed by atoms with Crippen LogP contribution in [0.3, 0.4) is 0 Å². The van der Waals surface area contributed by atoms with Gasteiger partial charge in [-0.1, -0.05) is 17.8 Å². The summed E-state index contributed by atoms with van der Waals surface area (Å²) < 4.78 is 0.992. The molecule has 0 saturated heterocycles. The van der Waals surface area contributed by atoms with Crippen LogP contribution >= 0.6 is 27.7 Å². The van der Waals surface area contributed by atoms with E-state index in [1.165, 1.54) is 18.4 Å².